The Morgan fingerprint density at radius 1 is 1.09 bits per heavy atom. The number of fused-ring (bicyclic) bond motifs is 1. The molecule has 0 radical (unpaired) electrons. The summed E-state index contributed by atoms with van der Waals surface area (Å²) in [5, 5.41) is 4.34. The SMILES string of the molecule is C=CCC(NCc1ccc(F)c(F)c1)c1cc2ccccc2o1. The molecule has 1 atom stereocenters. The van der Waals surface area contributed by atoms with Gasteiger partial charge in [-0.05, 0) is 36.2 Å². The van der Waals surface area contributed by atoms with Crippen LogP contribution in [0, 0.1) is 11.6 Å². The molecule has 1 N–H and O–H groups in total. The van der Waals surface area contributed by atoms with Crippen LogP contribution in [0.15, 0.2) is 65.6 Å². The predicted molar refractivity (Wildman–Crippen MR) is 87.0 cm³/mol. The predicted octanol–water partition coefficient (Wildman–Crippen LogP) is 5.12. The molecule has 0 fully saturated rings. The maximum Gasteiger partial charge on any atom is 0.159 e. The van der Waals surface area contributed by atoms with Crippen molar-refractivity contribution < 1.29 is 13.2 Å². The molecule has 0 aliphatic heterocycles. The molecule has 0 aliphatic carbocycles. The van der Waals surface area contributed by atoms with Crippen molar-refractivity contribution in [3.8, 4) is 0 Å². The molecular formula is C19H17F2NO. The van der Waals surface area contributed by atoms with E-state index in [4.69, 9.17) is 4.42 Å². The first-order valence-electron chi connectivity index (χ1n) is 7.44. The fourth-order valence-electron chi connectivity index (χ4n) is 2.53. The van der Waals surface area contributed by atoms with E-state index < -0.39 is 11.6 Å². The molecule has 0 saturated carbocycles. The van der Waals surface area contributed by atoms with Gasteiger partial charge in [-0.1, -0.05) is 30.3 Å². The molecule has 2 aromatic carbocycles. The topological polar surface area (TPSA) is 25.2 Å². The van der Waals surface area contributed by atoms with E-state index in [1.165, 1.54) is 6.07 Å². The summed E-state index contributed by atoms with van der Waals surface area (Å²) in [5.74, 6) is -0.879. The lowest BCUT2D eigenvalue weighted by Gasteiger charge is -2.15. The summed E-state index contributed by atoms with van der Waals surface area (Å²) < 4.78 is 32.1. The Bertz CT molecular complexity index is 792. The van der Waals surface area contributed by atoms with Crippen LogP contribution in [-0.2, 0) is 6.54 Å². The molecule has 118 valence electrons. The third kappa shape index (κ3) is 3.48. The van der Waals surface area contributed by atoms with E-state index >= 15 is 0 Å². The Kier molecular flexibility index (Phi) is 4.53. The van der Waals surface area contributed by atoms with Crippen molar-refractivity contribution in [1.29, 1.82) is 0 Å². The molecule has 4 heteroatoms. The van der Waals surface area contributed by atoms with Gasteiger partial charge in [-0.2, -0.15) is 0 Å². The van der Waals surface area contributed by atoms with Crippen LogP contribution in [0.4, 0.5) is 8.78 Å². The van der Waals surface area contributed by atoms with Crippen molar-refractivity contribution >= 4 is 11.0 Å². The molecule has 3 aromatic rings. The minimum Gasteiger partial charge on any atom is -0.459 e. The smallest absolute Gasteiger partial charge is 0.159 e. The Morgan fingerprint density at radius 2 is 1.91 bits per heavy atom. The third-order valence-electron chi connectivity index (χ3n) is 3.73. The minimum atomic E-state index is -0.840. The van der Waals surface area contributed by atoms with Crippen molar-refractivity contribution in [1.82, 2.24) is 5.32 Å². The molecule has 0 aliphatic rings. The maximum absolute atomic E-state index is 13.3. The maximum atomic E-state index is 13.3. The van der Waals surface area contributed by atoms with Gasteiger partial charge in [-0.3, -0.25) is 0 Å². The van der Waals surface area contributed by atoms with Crippen LogP contribution in [-0.4, -0.2) is 0 Å². The van der Waals surface area contributed by atoms with E-state index in [0.29, 0.717) is 18.5 Å². The second-order valence-corrected chi connectivity index (χ2v) is 5.39. The average Bonchev–Trinajstić information content (AvgIpc) is 2.98. The fourth-order valence-corrected chi connectivity index (χ4v) is 2.53. The third-order valence-corrected chi connectivity index (χ3v) is 3.73. The molecule has 1 aromatic heterocycles. The molecule has 0 spiro atoms. The van der Waals surface area contributed by atoms with Crippen molar-refractivity contribution in [3.05, 3.63) is 84.1 Å². The number of halogens is 2. The summed E-state index contributed by atoms with van der Waals surface area (Å²) in [6.07, 6.45) is 2.47. The molecule has 2 nitrogen and oxygen atoms in total. The Hall–Kier alpha value is -2.46. The average molecular weight is 313 g/mol. The number of benzene rings is 2. The molecule has 0 bridgehead atoms. The Balaban J connectivity index is 1.78. The number of hydrogen-bond donors (Lipinski definition) is 1. The van der Waals surface area contributed by atoms with E-state index in [0.717, 1.165) is 22.8 Å². The van der Waals surface area contributed by atoms with Crippen LogP contribution in [0.25, 0.3) is 11.0 Å². The highest BCUT2D eigenvalue weighted by molar-refractivity contribution is 5.77. The highest BCUT2D eigenvalue weighted by Gasteiger charge is 2.15. The number of furan rings is 1. The molecule has 0 saturated heterocycles. The minimum absolute atomic E-state index is 0.0759. The first-order valence-corrected chi connectivity index (χ1v) is 7.44. The van der Waals surface area contributed by atoms with Crippen LogP contribution in [0.2, 0.25) is 0 Å². The zero-order valence-electron chi connectivity index (χ0n) is 12.6. The van der Waals surface area contributed by atoms with E-state index in [9.17, 15) is 8.78 Å². The van der Waals surface area contributed by atoms with Crippen LogP contribution >= 0.6 is 0 Å². The number of rotatable bonds is 6. The van der Waals surface area contributed by atoms with E-state index in [-0.39, 0.29) is 6.04 Å². The zero-order chi connectivity index (χ0) is 16.2. The van der Waals surface area contributed by atoms with E-state index in [1.54, 1.807) is 12.1 Å². The standard InChI is InChI=1S/C19H17F2NO/c1-2-5-17(19-11-14-6-3-4-7-18(14)23-19)22-12-13-8-9-15(20)16(21)10-13/h2-4,6-11,17,22H,1,5,12H2. The molecule has 1 unspecified atom stereocenters. The second-order valence-electron chi connectivity index (χ2n) is 5.39. The summed E-state index contributed by atoms with van der Waals surface area (Å²) in [4.78, 5) is 0. The van der Waals surface area contributed by atoms with Crippen LogP contribution in [0.1, 0.15) is 23.8 Å². The lowest BCUT2D eigenvalue weighted by Crippen LogP contribution is -2.20. The van der Waals surface area contributed by atoms with E-state index in [2.05, 4.69) is 11.9 Å². The molecule has 0 amide bonds. The van der Waals surface area contributed by atoms with Gasteiger partial charge in [-0.25, -0.2) is 8.78 Å². The van der Waals surface area contributed by atoms with Gasteiger partial charge in [0.2, 0.25) is 0 Å². The van der Waals surface area contributed by atoms with Crippen LogP contribution in [0.5, 0.6) is 0 Å². The Labute approximate surface area is 133 Å². The summed E-state index contributed by atoms with van der Waals surface area (Å²) in [6, 6.07) is 13.6. The van der Waals surface area contributed by atoms with Crippen molar-refractivity contribution in [3.63, 3.8) is 0 Å². The van der Waals surface area contributed by atoms with E-state index in [1.807, 2.05) is 30.3 Å². The van der Waals surface area contributed by atoms with Crippen molar-refractivity contribution in [2.45, 2.75) is 19.0 Å². The van der Waals surface area contributed by atoms with Crippen LogP contribution in [0.3, 0.4) is 0 Å². The first-order chi connectivity index (χ1) is 11.2. The monoisotopic (exact) mass is 313 g/mol. The largest absolute Gasteiger partial charge is 0.459 e. The van der Waals surface area contributed by atoms with Gasteiger partial charge in [0, 0.05) is 11.9 Å². The fraction of sp³-hybridized carbons (Fsp3) is 0.158. The summed E-state index contributed by atoms with van der Waals surface area (Å²) in [5.41, 5.74) is 1.50. The lowest BCUT2D eigenvalue weighted by molar-refractivity contribution is 0.429. The first kappa shape index (κ1) is 15.4. The van der Waals surface area contributed by atoms with Gasteiger partial charge in [0.1, 0.15) is 11.3 Å². The number of hydrogen-bond acceptors (Lipinski definition) is 2. The molecule has 23 heavy (non-hydrogen) atoms. The molecular weight excluding hydrogens is 296 g/mol. The summed E-state index contributed by atoms with van der Waals surface area (Å²) in [6.45, 7) is 4.18. The van der Waals surface area contributed by atoms with Gasteiger partial charge >= 0.3 is 0 Å². The van der Waals surface area contributed by atoms with Crippen molar-refractivity contribution in [2.75, 3.05) is 0 Å². The van der Waals surface area contributed by atoms with Gasteiger partial charge in [0.15, 0.2) is 11.6 Å². The quantitative estimate of drug-likeness (QED) is 0.639. The summed E-state index contributed by atoms with van der Waals surface area (Å²) >= 11 is 0. The van der Waals surface area contributed by atoms with Gasteiger partial charge in [-0.15, -0.1) is 6.58 Å². The van der Waals surface area contributed by atoms with Gasteiger partial charge in [0.25, 0.3) is 0 Å². The molecule has 1 heterocycles. The lowest BCUT2D eigenvalue weighted by atomic mass is 10.1. The van der Waals surface area contributed by atoms with Gasteiger partial charge < -0.3 is 9.73 Å². The van der Waals surface area contributed by atoms with Crippen molar-refractivity contribution in [2.24, 2.45) is 0 Å². The Morgan fingerprint density at radius 3 is 2.65 bits per heavy atom. The highest BCUT2D eigenvalue weighted by Crippen LogP contribution is 2.26. The highest BCUT2D eigenvalue weighted by atomic mass is 19.2. The second kappa shape index (κ2) is 6.75. The van der Waals surface area contributed by atoms with Crippen LogP contribution < -0.4 is 5.32 Å². The molecule has 3 rings (SSSR count). The zero-order valence-corrected chi connectivity index (χ0v) is 12.6. The number of nitrogens with one attached hydrogen (secondary N) is 1. The normalized spacial score (nSPS) is 12.4. The summed E-state index contributed by atoms with van der Waals surface area (Å²) in [7, 11) is 0. The van der Waals surface area contributed by atoms with Gasteiger partial charge in [0.05, 0.1) is 6.04 Å². The number of para-hydroxylation sites is 1.